The minimum absolute atomic E-state index is 0.0493. The van der Waals surface area contributed by atoms with Crippen LogP contribution in [0.3, 0.4) is 0 Å². The summed E-state index contributed by atoms with van der Waals surface area (Å²) in [5, 5.41) is 3.18. The van der Waals surface area contributed by atoms with Gasteiger partial charge in [0.05, 0.1) is 6.54 Å². The van der Waals surface area contributed by atoms with Crippen LogP contribution in [0.1, 0.15) is 24.0 Å². The molecule has 0 radical (unpaired) electrons. The highest BCUT2D eigenvalue weighted by molar-refractivity contribution is 5.92. The summed E-state index contributed by atoms with van der Waals surface area (Å²) in [5.74, 6) is 0.468. The Kier molecular flexibility index (Phi) is 5.42. The number of nitrogens with two attached hydrogens (primary N) is 1. The van der Waals surface area contributed by atoms with Gasteiger partial charge in [-0.1, -0.05) is 6.07 Å². The quantitative estimate of drug-likeness (QED) is 0.661. The van der Waals surface area contributed by atoms with Crippen molar-refractivity contribution in [2.75, 3.05) is 39.2 Å². The van der Waals surface area contributed by atoms with Crippen LogP contribution in [0.4, 0.5) is 5.69 Å². The first kappa shape index (κ1) is 16.8. The van der Waals surface area contributed by atoms with E-state index in [-0.39, 0.29) is 5.54 Å². The van der Waals surface area contributed by atoms with E-state index in [1.54, 1.807) is 0 Å². The second-order valence-corrected chi connectivity index (χ2v) is 6.36. The Morgan fingerprint density at radius 1 is 1.27 bits per heavy atom. The van der Waals surface area contributed by atoms with Crippen molar-refractivity contribution in [2.24, 2.45) is 10.7 Å². The third kappa shape index (κ3) is 3.99. The van der Waals surface area contributed by atoms with E-state index in [1.165, 1.54) is 11.1 Å². The SMILES string of the molecule is Cc1ccc(NC(N)=NCC2(N(C)C)CCOCC2)cc1C. The maximum atomic E-state index is 6.06. The van der Waals surface area contributed by atoms with Crippen LogP contribution in [0.5, 0.6) is 0 Å². The van der Waals surface area contributed by atoms with E-state index in [0.717, 1.165) is 31.7 Å². The fourth-order valence-corrected chi connectivity index (χ4v) is 2.74. The van der Waals surface area contributed by atoms with E-state index in [0.29, 0.717) is 12.5 Å². The number of guanidine groups is 1. The second-order valence-electron chi connectivity index (χ2n) is 6.36. The normalized spacial score (nSPS) is 18.5. The minimum Gasteiger partial charge on any atom is -0.381 e. The van der Waals surface area contributed by atoms with Crippen LogP contribution >= 0.6 is 0 Å². The van der Waals surface area contributed by atoms with Crippen LogP contribution in [-0.4, -0.2) is 50.3 Å². The first-order chi connectivity index (χ1) is 10.4. The van der Waals surface area contributed by atoms with Crippen LogP contribution in [0, 0.1) is 13.8 Å². The zero-order valence-corrected chi connectivity index (χ0v) is 14.1. The number of rotatable bonds is 4. The largest absolute Gasteiger partial charge is 0.381 e. The van der Waals surface area contributed by atoms with Gasteiger partial charge in [-0.05, 0) is 64.0 Å². The number of hydrogen-bond acceptors (Lipinski definition) is 3. The molecule has 2 rings (SSSR count). The first-order valence-electron chi connectivity index (χ1n) is 7.82. The van der Waals surface area contributed by atoms with Gasteiger partial charge in [-0.2, -0.15) is 0 Å². The average molecular weight is 304 g/mol. The Bertz CT molecular complexity index is 533. The highest BCUT2D eigenvalue weighted by Crippen LogP contribution is 2.26. The first-order valence-corrected chi connectivity index (χ1v) is 7.82. The average Bonchev–Trinajstić information content (AvgIpc) is 2.50. The molecule has 3 N–H and O–H groups in total. The highest BCUT2D eigenvalue weighted by Gasteiger charge is 2.34. The molecule has 5 heteroatoms. The zero-order valence-electron chi connectivity index (χ0n) is 14.1. The maximum Gasteiger partial charge on any atom is 0.193 e. The summed E-state index contributed by atoms with van der Waals surface area (Å²) in [6.45, 7) is 6.46. The predicted molar refractivity (Wildman–Crippen MR) is 92.5 cm³/mol. The van der Waals surface area contributed by atoms with Crippen LogP contribution in [0.2, 0.25) is 0 Å². The van der Waals surface area contributed by atoms with Gasteiger partial charge < -0.3 is 20.7 Å². The van der Waals surface area contributed by atoms with Crippen LogP contribution in [0.25, 0.3) is 0 Å². The lowest BCUT2D eigenvalue weighted by molar-refractivity contribution is -0.00249. The molecule has 0 atom stereocenters. The number of anilines is 1. The standard InChI is InChI=1S/C17H28N4O/c1-13-5-6-15(11-14(13)2)20-16(18)19-12-17(21(3)4)7-9-22-10-8-17/h5-6,11H,7-10,12H2,1-4H3,(H3,18,19,20). The molecule has 1 aliphatic heterocycles. The zero-order chi connectivity index (χ0) is 16.2. The Hall–Kier alpha value is -1.59. The Labute approximate surface area is 133 Å². The summed E-state index contributed by atoms with van der Waals surface area (Å²) in [6, 6.07) is 6.21. The summed E-state index contributed by atoms with van der Waals surface area (Å²) >= 11 is 0. The Morgan fingerprint density at radius 2 is 1.95 bits per heavy atom. The molecule has 0 saturated carbocycles. The minimum atomic E-state index is 0.0493. The second kappa shape index (κ2) is 7.11. The van der Waals surface area contributed by atoms with E-state index in [2.05, 4.69) is 55.3 Å². The fourth-order valence-electron chi connectivity index (χ4n) is 2.74. The molecule has 0 spiro atoms. The molecule has 5 nitrogen and oxygen atoms in total. The lowest BCUT2D eigenvalue weighted by atomic mass is 9.89. The van der Waals surface area contributed by atoms with Crippen LogP contribution < -0.4 is 11.1 Å². The number of benzene rings is 1. The van der Waals surface area contributed by atoms with Crippen molar-refractivity contribution in [3.8, 4) is 0 Å². The number of hydrogen-bond donors (Lipinski definition) is 2. The molecular weight excluding hydrogens is 276 g/mol. The molecule has 0 amide bonds. The molecular formula is C17H28N4O. The predicted octanol–water partition coefficient (Wildman–Crippen LogP) is 2.14. The number of ether oxygens (including phenoxy) is 1. The summed E-state index contributed by atoms with van der Waals surface area (Å²) in [5.41, 5.74) is 9.61. The summed E-state index contributed by atoms with van der Waals surface area (Å²) in [7, 11) is 4.21. The number of aliphatic imine (C=N–C) groups is 1. The number of nitrogens with zero attached hydrogens (tertiary/aromatic N) is 2. The van der Waals surface area contributed by atoms with Gasteiger partial charge in [0.1, 0.15) is 0 Å². The monoisotopic (exact) mass is 304 g/mol. The van der Waals surface area contributed by atoms with Crippen LogP contribution in [-0.2, 0) is 4.74 Å². The van der Waals surface area contributed by atoms with Crippen molar-refractivity contribution in [3.63, 3.8) is 0 Å². The van der Waals surface area contributed by atoms with Gasteiger partial charge >= 0.3 is 0 Å². The molecule has 22 heavy (non-hydrogen) atoms. The summed E-state index contributed by atoms with van der Waals surface area (Å²) < 4.78 is 5.48. The van der Waals surface area contributed by atoms with Gasteiger partial charge in [-0.3, -0.25) is 4.99 Å². The van der Waals surface area contributed by atoms with Crippen molar-refractivity contribution in [3.05, 3.63) is 29.3 Å². The lowest BCUT2D eigenvalue weighted by Crippen LogP contribution is -2.51. The molecule has 0 aromatic heterocycles. The molecule has 1 fully saturated rings. The van der Waals surface area contributed by atoms with Crippen molar-refractivity contribution >= 4 is 11.6 Å². The number of likely N-dealkylation sites (N-methyl/N-ethyl adjacent to an activating group) is 1. The van der Waals surface area contributed by atoms with Gasteiger partial charge in [0.25, 0.3) is 0 Å². The van der Waals surface area contributed by atoms with Gasteiger partial charge in [0.15, 0.2) is 5.96 Å². The molecule has 1 aromatic rings. The van der Waals surface area contributed by atoms with Crippen LogP contribution in [0.15, 0.2) is 23.2 Å². The topological polar surface area (TPSA) is 62.9 Å². The molecule has 1 aliphatic rings. The molecule has 0 unspecified atom stereocenters. The molecule has 122 valence electrons. The highest BCUT2D eigenvalue weighted by atomic mass is 16.5. The molecule has 1 saturated heterocycles. The fraction of sp³-hybridized carbons (Fsp3) is 0.588. The van der Waals surface area contributed by atoms with E-state index < -0.39 is 0 Å². The van der Waals surface area contributed by atoms with Crippen molar-refractivity contribution in [1.29, 1.82) is 0 Å². The van der Waals surface area contributed by atoms with Gasteiger partial charge in [-0.25, -0.2) is 0 Å². The van der Waals surface area contributed by atoms with Gasteiger partial charge in [-0.15, -0.1) is 0 Å². The van der Waals surface area contributed by atoms with Gasteiger partial charge in [0, 0.05) is 24.4 Å². The Balaban J connectivity index is 2.03. The van der Waals surface area contributed by atoms with E-state index in [1.807, 2.05) is 6.07 Å². The third-order valence-electron chi connectivity index (χ3n) is 4.70. The number of nitrogens with one attached hydrogen (secondary N) is 1. The molecule has 0 bridgehead atoms. The molecule has 0 aliphatic carbocycles. The molecule has 1 aromatic carbocycles. The van der Waals surface area contributed by atoms with Crippen molar-refractivity contribution in [1.82, 2.24) is 4.90 Å². The smallest absolute Gasteiger partial charge is 0.193 e. The van der Waals surface area contributed by atoms with E-state index in [4.69, 9.17) is 10.5 Å². The summed E-state index contributed by atoms with van der Waals surface area (Å²) in [6.07, 6.45) is 1.97. The number of aryl methyl sites for hydroxylation is 2. The Morgan fingerprint density at radius 3 is 2.55 bits per heavy atom. The lowest BCUT2D eigenvalue weighted by Gasteiger charge is -2.41. The third-order valence-corrected chi connectivity index (χ3v) is 4.70. The maximum absolute atomic E-state index is 6.06. The van der Waals surface area contributed by atoms with Crippen molar-refractivity contribution in [2.45, 2.75) is 32.2 Å². The van der Waals surface area contributed by atoms with Crippen molar-refractivity contribution < 1.29 is 4.74 Å². The molecule has 1 heterocycles. The van der Waals surface area contributed by atoms with E-state index in [9.17, 15) is 0 Å². The van der Waals surface area contributed by atoms with Gasteiger partial charge in [0.2, 0.25) is 0 Å². The summed E-state index contributed by atoms with van der Waals surface area (Å²) in [4.78, 5) is 6.83. The van der Waals surface area contributed by atoms with E-state index >= 15 is 0 Å².